The largest absolute Gasteiger partial charge is 0.497 e. The van der Waals surface area contributed by atoms with E-state index < -0.39 is 11.6 Å². The minimum atomic E-state index is -0.491. The van der Waals surface area contributed by atoms with Crippen LogP contribution in [0.5, 0.6) is 11.5 Å². The van der Waals surface area contributed by atoms with Crippen LogP contribution >= 0.6 is 11.3 Å². The molecule has 3 rings (SSSR count). The summed E-state index contributed by atoms with van der Waals surface area (Å²) in [4.78, 5) is 24.5. The molecule has 0 aliphatic carbocycles. The summed E-state index contributed by atoms with van der Waals surface area (Å²) in [6.07, 6.45) is 0. The highest BCUT2D eigenvalue weighted by molar-refractivity contribution is 7.12. The number of benzene rings is 1. The molecular formula is C15H15N5O4S. The summed E-state index contributed by atoms with van der Waals surface area (Å²) in [5.41, 5.74) is -0.0549. The van der Waals surface area contributed by atoms with E-state index in [1.54, 1.807) is 30.3 Å². The van der Waals surface area contributed by atoms with Crippen molar-refractivity contribution in [3.63, 3.8) is 0 Å². The Morgan fingerprint density at radius 3 is 2.76 bits per heavy atom. The third-order valence-electron chi connectivity index (χ3n) is 3.33. The van der Waals surface area contributed by atoms with Crippen LogP contribution in [0.15, 0.2) is 40.5 Å². The van der Waals surface area contributed by atoms with E-state index >= 15 is 0 Å². The van der Waals surface area contributed by atoms with Crippen LogP contribution in [0, 0.1) is 0 Å². The normalized spacial score (nSPS) is 10.5. The lowest BCUT2D eigenvalue weighted by Gasteiger charge is -2.11. The Bertz CT molecular complexity index is 932. The number of nitrogens with one attached hydrogen (secondary N) is 1. The molecule has 0 radical (unpaired) electrons. The highest BCUT2D eigenvalue weighted by Gasteiger charge is 2.14. The fraction of sp³-hybridized carbons (Fsp3) is 0.200. The van der Waals surface area contributed by atoms with Gasteiger partial charge in [-0.3, -0.25) is 4.79 Å². The standard InChI is InChI=1S/C15H15N5O4S/c1-23-10-5-6-12(24-2)11(8-10)16-13(21)9-19-15(22)20(18-17-19)14-4-3-7-25-14/h3-8H,9H2,1-2H3,(H,16,21). The molecule has 0 atom stereocenters. The van der Waals surface area contributed by atoms with E-state index in [1.165, 1.54) is 25.6 Å². The molecule has 0 aliphatic heterocycles. The fourth-order valence-electron chi connectivity index (χ4n) is 2.14. The SMILES string of the molecule is COc1ccc(OC)c(NC(=O)Cn2nnn(-c3cccs3)c2=O)c1. The first-order valence-electron chi connectivity index (χ1n) is 7.21. The Balaban J connectivity index is 1.77. The second kappa shape index (κ2) is 7.18. The molecule has 130 valence electrons. The summed E-state index contributed by atoms with van der Waals surface area (Å²) < 4.78 is 12.5. The summed E-state index contributed by atoms with van der Waals surface area (Å²) in [5, 5.41) is 12.6. The van der Waals surface area contributed by atoms with Gasteiger partial charge in [0.15, 0.2) is 0 Å². The average Bonchev–Trinajstić information content (AvgIpc) is 3.25. The number of carbonyl (C=O) groups excluding carboxylic acids is 1. The van der Waals surface area contributed by atoms with E-state index in [0.29, 0.717) is 22.2 Å². The van der Waals surface area contributed by atoms with Crippen molar-refractivity contribution < 1.29 is 14.3 Å². The monoisotopic (exact) mass is 361 g/mol. The van der Waals surface area contributed by atoms with Crippen molar-refractivity contribution in [3.05, 3.63) is 46.2 Å². The van der Waals surface area contributed by atoms with Crippen LogP contribution in [-0.2, 0) is 11.3 Å². The van der Waals surface area contributed by atoms with Gasteiger partial charge in [-0.25, -0.2) is 4.79 Å². The number of hydrogen-bond donors (Lipinski definition) is 1. The third kappa shape index (κ3) is 3.53. The molecule has 0 saturated heterocycles. The molecule has 0 unspecified atom stereocenters. The number of amides is 1. The molecule has 0 bridgehead atoms. The molecule has 1 N–H and O–H groups in total. The third-order valence-corrected chi connectivity index (χ3v) is 4.17. The van der Waals surface area contributed by atoms with Gasteiger partial charge in [0.25, 0.3) is 0 Å². The van der Waals surface area contributed by atoms with Crippen molar-refractivity contribution in [2.45, 2.75) is 6.54 Å². The van der Waals surface area contributed by atoms with Gasteiger partial charge in [-0.1, -0.05) is 0 Å². The second-order valence-electron chi connectivity index (χ2n) is 4.90. The molecule has 0 fully saturated rings. The predicted molar refractivity (Wildman–Crippen MR) is 91.7 cm³/mol. The number of aromatic nitrogens is 4. The molecule has 0 aliphatic rings. The molecular weight excluding hydrogens is 346 g/mol. The molecule has 3 aromatic rings. The molecule has 25 heavy (non-hydrogen) atoms. The predicted octanol–water partition coefficient (Wildman–Crippen LogP) is 1.15. The summed E-state index contributed by atoms with van der Waals surface area (Å²) in [6.45, 7) is -0.273. The number of thiophene rings is 1. The zero-order valence-electron chi connectivity index (χ0n) is 13.5. The Labute approximate surface area is 146 Å². The maximum absolute atomic E-state index is 12.3. The van der Waals surface area contributed by atoms with Crippen LogP contribution in [-0.4, -0.2) is 39.9 Å². The van der Waals surface area contributed by atoms with Crippen molar-refractivity contribution in [2.75, 3.05) is 19.5 Å². The van der Waals surface area contributed by atoms with Crippen LogP contribution < -0.4 is 20.5 Å². The molecule has 0 saturated carbocycles. The van der Waals surface area contributed by atoms with Crippen LogP contribution in [0.3, 0.4) is 0 Å². The first-order chi connectivity index (χ1) is 12.1. The first-order valence-corrected chi connectivity index (χ1v) is 8.09. The van der Waals surface area contributed by atoms with Gasteiger partial charge in [0, 0.05) is 6.07 Å². The van der Waals surface area contributed by atoms with E-state index in [9.17, 15) is 9.59 Å². The summed E-state index contributed by atoms with van der Waals surface area (Å²) in [6, 6.07) is 8.56. The van der Waals surface area contributed by atoms with Gasteiger partial charge in [-0.05, 0) is 40.1 Å². The minimum absolute atomic E-state index is 0.273. The molecule has 1 amide bonds. The molecule has 1 aromatic carbocycles. The van der Waals surface area contributed by atoms with E-state index in [1.807, 2.05) is 5.38 Å². The highest BCUT2D eigenvalue weighted by Crippen LogP contribution is 2.28. The maximum Gasteiger partial charge on any atom is 0.369 e. The van der Waals surface area contributed by atoms with E-state index in [-0.39, 0.29) is 6.54 Å². The van der Waals surface area contributed by atoms with Crippen LogP contribution in [0.2, 0.25) is 0 Å². The van der Waals surface area contributed by atoms with Gasteiger partial charge in [0.1, 0.15) is 23.0 Å². The van der Waals surface area contributed by atoms with E-state index in [0.717, 1.165) is 9.36 Å². The Morgan fingerprint density at radius 2 is 2.08 bits per heavy atom. The van der Waals surface area contributed by atoms with Crippen molar-refractivity contribution >= 4 is 22.9 Å². The minimum Gasteiger partial charge on any atom is -0.497 e. The van der Waals surface area contributed by atoms with Crippen molar-refractivity contribution in [1.29, 1.82) is 0 Å². The number of tetrazole rings is 1. The summed E-state index contributed by atoms with van der Waals surface area (Å²) >= 11 is 1.35. The summed E-state index contributed by atoms with van der Waals surface area (Å²) in [7, 11) is 3.02. The lowest BCUT2D eigenvalue weighted by atomic mass is 10.2. The van der Waals surface area contributed by atoms with Gasteiger partial charge >= 0.3 is 5.69 Å². The van der Waals surface area contributed by atoms with Gasteiger partial charge in [-0.2, -0.15) is 9.36 Å². The number of methoxy groups -OCH3 is 2. The van der Waals surface area contributed by atoms with Gasteiger partial charge in [0.2, 0.25) is 5.91 Å². The van der Waals surface area contributed by atoms with Crippen LogP contribution in [0.1, 0.15) is 0 Å². The number of ether oxygens (including phenoxy) is 2. The molecule has 10 heteroatoms. The molecule has 9 nitrogen and oxygen atoms in total. The number of anilines is 1. The Morgan fingerprint density at radius 1 is 1.24 bits per heavy atom. The molecule has 2 aromatic heterocycles. The number of rotatable bonds is 6. The molecule has 2 heterocycles. The van der Waals surface area contributed by atoms with E-state index in [4.69, 9.17) is 9.47 Å². The summed E-state index contributed by atoms with van der Waals surface area (Å²) in [5.74, 6) is 0.604. The average molecular weight is 361 g/mol. The maximum atomic E-state index is 12.3. The smallest absolute Gasteiger partial charge is 0.369 e. The van der Waals surface area contributed by atoms with Gasteiger partial charge < -0.3 is 14.8 Å². The zero-order valence-corrected chi connectivity index (χ0v) is 14.3. The lowest BCUT2D eigenvalue weighted by Crippen LogP contribution is -2.29. The second-order valence-corrected chi connectivity index (χ2v) is 5.82. The fourth-order valence-corrected chi connectivity index (χ4v) is 2.81. The molecule has 0 spiro atoms. The number of carbonyl (C=O) groups is 1. The lowest BCUT2D eigenvalue weighted by molar-refractivity contribution is -0.117. The van der Waals surface area contributed by atoms with Crippen LogP contribution in [0.25, 0.3) is 5.00 Å². The Kier molecular flexibility index (Phi) is 4.80. The highest BCUT2D eigenvalue weighted by atomic mass is 32.1. The quantitative estimate of drug-likeness (QED) is 0.707. The zero-order chi connectivity index (χ0) is 17.8. The Hall–Kier alpha value is -3.14. The first kappa shape index (κ1) is 16.7. The van der Waals surface area contributed by atoms with Crippen molar-refractivity contribution in [1.82, 2.24) is 19.8 Å². The van der Waals surface area contributed by atoms with E-state index in [2.05, 4.69) is 15.7 Å². The van der Waals surface area contributed by atoms with Gasteiger partial charge in [0.05, 0.1) is 19.9 Å². The topological polar surface area (TPSA) is 100 Å². The van der Waals surface area contributed by atoms with Crippen molar-refractivity contribution in [3.8, 4) is 16.5 Å². The van der Waals surface area contributed by atoms with Gasteiger partial charge in [-0.15, -0.1) is 11.3 Å². The van der Waals surface area contributed by atoms with Crippen LogP contribution in [0.4, 0.5) is 5.69 Å². The number of nitrogens with zero attached hydrogens (tertiary/aromatic N) is 4. The van der Waals surface area contributed by atoms with Crippen molar-refractivity contribution in [2.24, 2.45) is 0 Å². The number of hydrogen-bond acceptors (Lipinski definition) is 7.